The van der Waals surface area contributed by atoms with Gasteiger partial charge in [0.25, 0.3) is 0 Å². The highest BCUT2D eigenvalue weighted by Gasteiger charge is 2.31. The summed E-state index contributed by atoms with van der Waals surface area (Å²) < 4.78 is 0. The molecular weight excluding hydrogens is 312 g/mol. The first kappa shape index (κ1) is 16.7. The lowest BCUT2D eigenvalue weighted by Crippen LogP contribution is -2.50. The van der Waals surface area contributed by atoms with Crippen LogP contribution < -0.4 is 5.32 Å². The molecule has 1 aromatic carbocycles. The zero-order valence-electron chi connectivity index (χ0n) is 15.0. The Morgan fingerprint density at radius 1 is 1.08 bits per heavy atom. The van der Waals surface area contributed by atoms with E-state index in [2.05, 4.69) is 33.2 Å². The van der Waals surface area contributed by atoms with Crippen LogP contribution >= 0.6 is 0 Å². The Hall–Kier alpha value is -1.72. The van der Waals surface area contributed by atoms with Crippen LogP contribution in [0.1, 0.15) is 44.1 Å². The van der Waals surface area contributed by atoms with E-state index < -0.39 is 0 Å². The van der Waals surface area contributed by atoms with Crippen molar-refractivity contribution in [2.45, 2.75) is 63.6 Å². The van der Waals surface area contributed by atoms with E-state index in [1.54, 1.807) is 6.33 Å². The van der Waals surface area contributed by atoms with E-state index >= 15 is 0 Å². The molecule has 2 heterocycles. The van der Waals surface area contributed by atoms with Crippen LogP contribution in [0.3, 0.4) is 0 Å². The highest BCUT2D eigenvalue weighted by atomic mass is 16.3. The van der Waals surface area contributed by atoms with Crippen LogP contribution in [0.25, 0.3) is 10.9 Å². The molecule has 1 aliphatic carbocycles. The van der Waals surface area contributed by atoms with E-state index in [-0.39, 0.29) is 6.10 Å². The summed E-state index contributed by atoms with van der Waals surface area (Å²) in [6, 6.07) is 7.01. The fourth-order valence-electron chi connectivity index (χ4n) is 4.48. The van der Waals surface area contributed by atoms with Crippen molar-refractivity contribution in [2.24, 2.45) is 0 Å². The SMILES string of the molecule is Cc1cccc2ncnc(NC3CCN(C4CCCCC4O)CC3)c12. The fraction of sp³-hybridized carbons (Fsp3) is 0.600. The molecule has 5 heteroatoms. The molecule has 1 saturated heterocycles. The van der Waals surface area contributed by atoms with Gasteiger partial charge in [-0.15, -0.1) is 0 Å². The van der Waals surface area contributed by atoms with Gasteiger partial charge in [-0.3, -0.25) is 4.90 Å². The van der Waals surface area contributed by atoms with E-state index in [1.165, 1.54) is 18.4 Å². The molecule has 1 saturated carbocycles. The molecule has 25 heavy (non-hydrogen) atoms. The number of aryl methyl sites for hydroxylation is 1. The first-order valence-electron chi connectivity index (χ1n) is 9.61. The Labute approximate surface area is 149 Å². The number of rotatable bonds is 3. The quantitative estimate of drug-likeness (QED) is 0.899. The largest absolute Gasteiger partial charge is 0.391 e. The number of aliphatic hydroxyl groups is 1. The average Bonchev–Trinajstić information content (AvgIpc) is 2.63. The Morgan fingerprint density at radius 3 is 2.68 bits per heavy atom. The minimum absolute atomic E-state index is 0.133. The summed E-state index contributed by atoms with van der Waals surface area (Å²) >= 11 is 0. The van der Waals surface area contributed by atoms with Gasteiger partial charge in [-0.25, -0.2) is 9.97 Å². The van der Waals surface area contributed by atoms with Crippen molar-refractivity contribution in [2.75, 3.05) is 18.4 Å². The molecule has 2 fully saturated rings. The van der Waals surface area contributed by atoms with Crippen molar-refractivity contribution in [1.82, 2.24) is 14.9 Å². The second-order valence-electron chi connectivity index (χ2n) is 7.57. The minimum atomic E-state index is -0.133. The molecule has 2 aromatic rings. The monoisotopic (exact) mass is 340 g/mol. The van der Waals surface area contributed by atoms with Gasteiger partial charge in [-0.1, -0.05) is 25.0 Å². The van der Waals surface area contributed by atoms with Crippen molar-refractivity contribution < 1.29 is 5.11 Å². The first-order valence-corrected chi connectivity index (χ1v) is 9.61. The van der Waals surface area contributed by atoms with Crippen LogP contribution in [0.5, 0.6) is 0 Å². The predicted molar refractivity (Wildman–Crippen MR) is 101 cm³/mol. The van der Waals surface area contributed by atoms with Crippen molar-refractivity contribution >= 4 is 16.7 Å². The van der Waals surface area contributed by atoms with E-state index in [4.69, 9.17) is 0 Å². The highest BCUT2D eigenvalue weighted by molar-refractivity contribution is 5.91. The molecule has 5 nitrogen and oxygen atoms in total. The normalized spacial score (nSPS) is 26.0. The number of fused-ring (bicyclic) bond motifs is 1. The van der Waals surface area contributed by atoms with Crippen LogP contribution in [0.2, 0.25) is 0 Å². The third-order valence-corrected chi connectivity index (χ3v) is 5.90. The third kappa shape index (κ3) is 3.48. The number of nitrogens with one attached hydrogen (secondary N) is 1. The van der Waals surface area contributed by atoms with Crippen molar-refractivity contribution in [3.05, 3.63) is 30.1 Å². The number of benzene rings is 1. The molecule has 4 rings (SSSR count). The topological polar surface area (TPSA) is 61.3 Å². The van der Waals surface area contributed by atoms with Crippen molar-refractivity contribution in [3.63, 3.8) is 0 Å². The zero-order valence-corrected chi connectivity index (χ0v) is 15.0. The Morgan fingerprint density at radius 2 is 1.88 bits per heavy atom. The molecule has 134 valence electrons. The zero-order chi connectivity index (χ0) is 17.2. The minimum Gasteiger partial charge on any atom is -0.391 e. The van der Waals surface area contributed by atoms with Crippen LogP contribution in [-0.4, -0.2) is 51.3 Å². The lowest BCUT2D eigenvalue weighted by molar-refractivity contribution is 0.00993. The smallest absolute Gasteiger partial charge is 0.137 e. The second-order valence-corrected chi connectivity index (χ2v) is 7.57. The van der Waals surface area contributed by atoms with Gasteiger partial charge in [0.05, 0.1) is 11.6 Å². The highest BCUT2D eigenvalue weighted by Crippen LogP contribution is 2.28. The van der Waals surface area contributed by atoms with Crippen LogP contribution in [0.15, 0.2) is 24.5 Å². The number of likely N-dealkylation sites (tertiary alicyclic amines) is 1. The number of hydrogen-bond donors (Lipinski definition) is 2. The molecule has 1 aliphatic heterocycles. The van der Waals surface area contributed by atoms with Gasteiger partial charge in [0.2, 0.25) is 0 Å². The molecule has 2 N–H and O–H groups in total. The van der Waals surface area contributed by atoms with E-state index in [9.17, 15) is 5.11 Å². The summed E-state index contributed by atoms with van der Waals surface area (Å²) in [6.45, 7) is 4.23. The Bertz CT molecular complexity index is 721. The summed E-state index contributed by atoms with van der Waals surface area (Å²) in [4.78, 5) is 11.4. The van der Waals surface area contributed by atoms with Gasteiger partial charge in [0.1, 0.15) is 12.1 Å². The molecule has 2 unspecified atom stereocenters. The van der Waals surface area contributed by atoms with Gasteiger partial charge in [-0.05, 0) is 44.2 Å². The van der Waals surface area contributed by atoms with Gasteiger partial charge in [-0.2, -0.15) is 0 Å². The molecule has 0 spiro atoms. The number of nitrogens with zero attached hydrogens (tertiary/aromatic N) is 3. The predicted octanol–water partition coefficient (Wildman–Crippen LogP) is 3.12. The summed E-state index contributed by atoms with van der Waals surface area (Å²) in [5.74, 6) is 0.958. The van der Waals surface area contributed by atoms with Gasteiger partial charge < -0.3 is 10.4 Å². The van der Waals surface area contributed by atoms with Crippen molar-refractivity contribution in [3.8, 4) is 0 Å². The third-order valence-electron chi connectivity index (χ3n) is 5.90. The fourth-order valence-corrected chi connectivity index (χ4v) is 4.48. The number of hydrogen-bond acceptors (Lipinski definition) is 5. The average molecular weight is 340 g/mol. The molecule has 0 radical (unpaired) electrons. The summed E-state index contributed by atoms with van der Waals surface area (Å²) in [6.07, 6.45) is 8.26. The second kappa shape index (κ2) is 7.26. The maximum absolute atomic E-state index is 10.3. The number of anilines is 1. The molecule has 2 atom stereocenters. The van der Waals surface area contributed by atoms with Gasteiger partial charge >= 0.3 is 0 Å². The molecule has 1 aromatic heterocycles. The lowest BCUT2D eigenvalue weighted by atomic mass is 9.89. The maximum Gasteiger partial charge on any atom is 0.137 e. The maximum atomic E-state index is 10.3. The van der Waals surface area contributed by atoms with Crippen LogP contribution in [0.4, 0.5) is 5.82 Å². The van der Waals surface area contributed by atoms with Gasteiger partial charge in [0.15, 0.2) is 0 Å². The van der Waals surface area contributed by atoms with E-state index in [0.29, 0.717) is 12.1 Å². The summed E-state index contributed by atoms with van der Waals surface area (Å²) in [5, 5.41) is 15.1. The summed E-state index contributed by atoms with van der Waals surface area (Å²) in [7, 11) is 0. The van der Waals surface area contributed by atoms with E-state index in [1.807, 2.05) is 12.1 Å². The van der Waals surface area contributed by atoms with Crippen LogP contribution in [0, 0.1) is 6.92 Å². The molecular formula is C20H28N4O. The summed E-state index contributed by atoms with van der Waals surface area (Å²) in [5.41, 5.74) is 2.21. The van der Waals surface area contributed by atoms with Crippen molar-refractivity contribution in [1.29, 1.82) is 0 Å². The number of aromatic nitrogens is 2. The molecule has 2 aliphatic rings. The molecule has 0 amide bonds. The Kier molecular flexibility index (Phi) is 4.86. The van der Waals surface area contributed by atoms with Gasteiger partial charge in [0, 0.05) is 30.6 Å². The number of aliphatic hydroxyl groups excluding tert-OH is 1. The lowest BCUT2D eigenvalue weighted by Gasteiger charge is -2.41. The standard InChI is InChI=1S/C20H28N4O/c1-14-5-4-6-16-19(14)20(22-13-21-16)23-15-9-11-24(12-10-15)17-7-2-3-8-18(17)25/h4-6,13,15,17-18,25H,2-3,7-12H2,1H3,(H,21,22,23). The molecule has 0 bridgehead atoms. The Balaban J connectivity index is 1.42. The number of piperidine rings is 1. The first-order chi connectivity index (χ1) is 12.2. The van der Waals surface area contributed by atoms with E-state index in [0.717, 1.165) is 55.5 Å². The van der Waals surface area contributed by atoms with Crippen LogP contribution in [-0.2, 0) is 0 Å².